The minimum absolute atomic E-state index is 0.293. The average molecular weight is 400 g/mol. The molecule has 120 valence electrons. The maximum atomic E-state index is 11.4. The smallest absolute Gasteiger partial charge is 0.320 e. The van der Waals surface area contributed by atoms with E-state index in [1.54, 1.807) is 13.8 Å². The standard InChI is InChI=1S/C11H20O4.C4H9I/c1-4-7-8-9(10(12)14-5-2)11(13)15-6-3;1-2-3-4-5/h9H,4-8H2,1-3H3;2-4H2,1H3. The second kappa shape index (κ2) is 16.7. The first-order valence-electron chi connectivity index (χ1n) is 7.48. The number of alkyl halides is 1. The van der Waals surface area contributed by atoms with E-state index in [0.717, 1.165) is 12.8 Å². The molecule has 0 aliphatic carbocycles. The molecule has 0 rings (SSSR count). The van der Waals surface area contributed by atoms with Crippen LogP contribution in [-0.4, -0.2) is 29.6 Å². The predicted molar refractivity (Wildman–Crippen MR) is 90.1 cm³/mol. The topological polar surface area (TPSA) is 52.6 Å². The minimum atomic E-state index is -0.746. The van der Waals surface area contributed by atoms with Crippen molar-refractivity contribution >= 4 is 34.5 Å². The van der Waals surface area contributed by atoms with E-state index in [1.807, 2.05) is 6.92 Å². The van der Waals surface area contributed by atoms with Gasteiger partial charge in [0.1, 0.15) is 0 Å². The molecule has 5 heteroatoms. The molecule has 0 radical (unpaired) electrons. The molecule has 0 aliphatic heterocycles. The number of hydrogen-bond acceptors (Lipinski definition) is 4. The number of hydrogen-bond donors (Lipinski definition) is 0. The fraction of sp³-hybridized carbons (Fsp3) is 0.867. The van der Waals surface area contributed by atoms with E-state index in [9.17, 15) is 9.59 Å². The van der Waals surface area contributed by atoms with Gasteiger partial charge in [0.15, 0.2) is 5.92 Å². The van der Waals surface area contributed by atoms with Crippen LogP contribution >= 0.6 is 22.6 Å². The molecule has 0 saturated carbocycles. The molecule has 0 unspecified atom stereocenters. The number of halogens is 1. The molecule has 0 aliphatic rings. The number of rotatable bonds is 9. The zero-order valence-electron chi connectivity index (χ0n) is 13.2. The molecule has 0 atom stereocenters. The molecular formula is C15H29IO4. The van der Waals surface area contributed by atoms with Gasteiger partial charge in [-0.15, -0.1) is 0 Å². The van der Waals surface area contributed by atoms with Gasteiger partial charge in [-0.25, -0.2) is 0 Å². The second-order valence-corrected chi connectivity index (χ2v) is 5.32. The predicted octanol–water partition coefficient (Wildman–Crippen LogP) is 4.14. The Labute approximate surface area is 137 Å². The van der Waals surface area contributed by atoms with E-state index in [0.29, 0.717) is 19.6 Å². The normalized spacial score (nSPS) is 9.70. The number of ether oxygens (including phenoxy) is 2. The zero-order chi connectivity index (χ0) is 15.8. The highest BCUT2D eigenvalue weighted by Crippen LogP contribution is 2.12. The van der Waals surface area contributed by atoms with Gasteiger partial charge in [-0.3, -0.25) is 9.59 Å². The van der Waals surface area contributed by atoms with Crippen LogP contribution in [-0.2, 0) is 19.1 Å². The first-order valence-corrected chi connectivity index (χ1v) is 9.00. The van der Waals surface area contributed by atoms with Gasteiger partial charge in [0.25, 0.3) is 0 Å². The summed E-state index contributed by atoms with van der Waals surface area (Å²) in [6.07, 6.45) is 4.98. The fourth-order valence-electron chi connectivity index (χ4n) is 1.36. The van der Waals surface area contributed by atoms with E-state index in [-0.39, 0.29) is 0 Å². The Bertz CT molecular complexity index is 224. The third-order valence-electron chi connectivity index (χ3n) is 2.48. The van der Waals surface area contributed by atoms with E-state index < -0.39 is 17.9 Å². The van der Waals surface area contributed by atoms with E-state index in [2.05, 4.69) is 29.5 Å². The summed E-state index contributed by atoms with van der Waals surface area (Å²) >= 11 is 2.39. The summed E-state index contributed by atoms with van der Waals surface area (Å²) in [5.74, 6) is -1.68. The Hall–Kier alpha value is -0.330. The van der Waals surface area contributed by atoms with Crippen molar-refractivity contribution in [1.29, 1.82) is 0 Å². The molecule has 0 heterocycles. The largest absolute Gasteiger partial charge is 0.465 e. The van der Waals surface area contributed by atoms with Crippen LogP contribution in [0.4, 0.5) is 0 Å². The van der Waals surface area contributed by atoms with Crippen molar-refractivity contribution in [2.24, 2.45) is 5.92 Å². The summed E-state index contributed by atoms with van der Waals surface area (Å²) in [5, 5.41) is 0. The molecule has 0 fully saturated rings. The maximum absolute atomic E-state index is 11.4. The third-order valence-corrected chi connectivity index (χ3v) is 3.24. The van der Waals surface area contributed by atoms with Crippen LogP contribution in [0.25, 0.3) is 0 Å². The Balaban J connectivity index is 0. The molecule has 20 heavy (non-hydrogen) atoms. The summed E-state index contributed by atoms with van der Waals surface area (Å²) in [7, 11) is 0. The van der Waals surface area contributed by atoms with Gasteiger partial charge in [0.05, 0.1) is 13.2 Å². The van der Waals surface area contributed by atoms with Crippen molar-refractivity contribution in [2.45, 2.75) is 59.8 Å². The molecule has 0 saturated heterocycles. The van der Waals surface area contributed by atoms with Crippen LogP contribution < -0.4 is 0 Å². The number of carbonyl (C=O) groups excluding carboxylic acids is 2. The molecule has 0 aromatic rings. The van der Waals surface area contributed by atoms with Gasteiger partial charge >= 0.3 is 11.9 Å². The van der Waals surface area contributed by atoms with Crippen LogP contribution in [0, 0.1) is 5.92 Å². The molecule has 0 aromatic heterocycles. The van der Waals surface area contributed by atoms with Crippen molar-refractivity contribution in [3.8, 4) is 0 Å². The Kier molecular flexibility index (Phi) is 18.4. The van der Waals surface area contributed by atoms with Gasteiger partial charge < -0.3 is 9.47 Å². The summed E-state index contributed by atoms with van der Waals surface area (Å²) in [6, 6.07) is 0. The van der Waals surface area contributed by atoms with Crippen molar-refractivity contribution < 1.29 is 19.1 Å². The molecule has 0 aromatic carbocycles. The van der Waals surface area contributed by atoms with E-state index in [4.69, 9.17) is 9.47 Å². The van der Waals surface area contributed by atoms with Gasteiger partial charge in [0, 0.05) is 0 Å². The lowest BCUT2D eigenvalue weighted by atomic mass is 10.0. The quantitative estimate of drug-likeness (QED) is 0.253. The molecule has 0 bridgehead atoms. The van der Waals surface area contributed by atoms with Crippen molar-refractivity contribution in [2.75, 3.05) is 17.6 Å². The lowest BCUT2D eigenvalue weighted by Crippen LogP contribution is -2.28. The Morgan fingerprint density at radius 3 is 1.60 bits per heavy atom. The number of unbranched alkanes of at least 4 members (excludes halogenated alkanes) is 2. The molecule has 0 N–H and O–H groups in total. The minimum Gasteiger partial charge on any atom is -0.465 e. The summed E-state index contributed by atoms with van der Waals surface area (Å²) in [6.45, 7) is 8.24. The van der Waals surface area contributed by atoms with Crippen LogP contribution in [0.2, 0.25) is 0 Å². The van der Waals surface area contributed by atoms with Gasteiger partial charge in [-0.2, -0.15) is 0 Å². The van der Waals surface area contributed by atoms with Crippen LogP contribution in [0.15, 0.2) is 0 Å². The zero-order valence-corrected chi connectivity index (χ0v) is 15.4. The van der Waals surface area contributed by atoms with Crippen LogP contribution in [0.3, 0.4) is 0 Å². The highest BCUT2D eigenvalue weighted by atomic mass is 127. The molecule has 0 spiro atoms. The van der Waals surface area contributed by atoms with Crippen LogP contribution in [0.5, 0.6) is 0 Å². The van der Waals surface area contributed by atoms with Gasteiger partial charge in [-0.1, -0.05) is 55.7 Å². The summed E-state index contributed by atoms with van der Waals surface area (Å²) in [5.41, 5.74) is 0. The monoisotopic (exact) mass is 400 g/mol. The molecule has 0 amide bonds. The van der Waals surface area contributed by atoms with E-state index in [1.165, 1.54) is 17.3 Å². The van der Waals surface area contributed by atoms with Gasteiger partial charge in [0.2, 0.25) is 0 Å². The Morgan fingerprint density at radius 2 is 1.35 bits per heavy atom. The first kappa shape index (κ1) is 22.0. The van der Waals surface area contributed by atoms with E-state index >= 15 is 0 Å². The lowest BCUT2D eigenvalue weighted by Gasteiger charge is -2.13. The van der Waals surface area contributed by atoms with Crippen molar-refractivity contribution in [3.63, 3.8) is 0 Å². The van der Waals surface area contributed by atoms with Crippen LogP contribution in [0.1, 0.15) is 59.8 Å². The molecule has 4 nitrogen and oxygen atoms in total. The second-order valence-electron chi connectivity index (χ2n) is 4.24. The van der Waals surface area contributed by atoms with Crippen molar-refractivity contribution in [3.05, 3.63) is 0 Å². The van der Waals surface area contributed by atoms with Gasteiger partial charge in [-0.05, 0) is 31.1 Å². The SMILES string of the molecule is CCCCC(C(=O)OCC)C(=O)OCC.CCCCI. The number of esters is 2. The Morgan fingerprint density at radius 1 is 0.900 bits per heavy atom. The van der Waals surface area contributed by atoms with Crippen molar-refractivity contribution in [1.82, 2.24) is 0 Å². The maximum Gasteiger partial charge on any atom is 0.320 e. The first-order chi connectivity index (χ1) is 9.58. The highest BCUT2D eigenvalue weighted by molar-refractivity contribution is 14.1. The number of carbonyl (C=O) groups is 2. The third kappa shape index (κ3) is 12.7. The average Bonchev–Trinajstić information content (AvgIpc) is 2.41. The molecular weight excluding hydrogens is 371 g/mol. The fourth-order valence-corrected chi connectivity index (χ4v) is 2.12. The summed E-state index contributed by atoms with van der Waals surface area (Å²) in [4.78, 5) is 22.9. The summed E-state index contributed by atoms with van der Waals surface area (Å²) < 4.78 is 11.0. The highest BCUT2D eigenvalue weighted by Gasteiger charge is 2.28. The lowest BCUT2D eigenvalue weighted by molar-refractivity contribution is -0.161.